The average molecular weight is 492 g/mol. The van der Waals surface area contributed by atoms with Crippen molar-refractivity contribution >= 4 is 39.9 Å². The largest absolute Gasteiger partial charge is 0.503 e. The van der Waals surface area contributed by atoms with Crippen LogP contribution in [0.1, 0.15) is 39.2 Å². The molecule has 0 saturated heterocycles. The van der Waals surface area contributed by atoms with Crippen LogP contribution in [0.25, 0.3) is 11.0 Å². The minimum Gasteiger partial charge on any atom is -0.503 e. The summed E-state index contributed by atoms with van der Waals surface area (Å²) in [7, 11) is 1.47. The van der Waals surface area contributed by atoms with E-state index in [0.29, 0.717) is 38.9 Å². The number of aliphatic hydroxyl groups excluding tert-OH is 1. The van der Waals surface area contributed by atoms with E-state index in [2.05, 4.69) is 0 Å². The molecule has 0 saturated carbocycles. The number of hydrogen-bond acceptors (Lipinski definition) is 6. The van der Waals surface area contributed by atoms with Crippen molar-refractivity contribution in [1.29, 1.82) is 0 Å². The summed E-state index contributed by atoms with van der Waals surface area (Å²) in [5, 5.41) is 11.9. The van der Waals surface area contributed by atoms with Gasteiger partial charge in [0, 0.05) is 22.2 Å². The number of benzene rings is 2. The number of hydrogen-bond donors (Lipinski definition) is 1. The third-order valence-corrected chi connectivity index (χ3v) is 6.53. The predicted octanol–water partition coefficient (Wildman–Crippen LogP) is 6.40. The maximum Gasteiger partial charge on any atom is 0.294 e. The van der Waals surface area contributed by atoms with E-state index < -0.39 is 23.5 Å². The van der Waals surface area contributed by atoms with E-state index in [-0.39, 0.29) is 11.3 Å². The number of ether oxygens (including phenoxy) is 1. The first kappa shape index (κ1) is 22.8. The number of carbonyl (C=O) groups excluding carboxylic acids is 2. The van der Waals surface area contributed by atoms with Gasteiger partial charge in [0.2, 0.25) is 5.78 Å². The molecule has 2 aromatic carbocycles. The van der Waals surface area contributed by atoms with E-state index in [1.54, 1.807) is 37.3 Å². The van der Waals surface area contributed by atoms with Gasteiger partial charge in [-0.05, 0) is 62.2 Å². The van der Waals surface area contributed by atoms with Gasteiger partial charge >= 0.3 is 0 Å². The molecule has 0 bridgehead atoms. The Hall–Kier alpha value is -3.97. The summed E-state index contributed by atoms with van der Waals surface area (Å²) in [6.45, 7) is 5.58. The fourth-order valence-corrected chi connectivity index (χ4v) is 4.65. The lowest BCUT2D eigenvalue weighted by atomic mass is 9.98. The number of halogens is 1. The van der Waals surface area contributed by atoms with Crippen LogP contribution in [0.15, 0.2) is 68.7 Å². The van der Waals surface area contributed by atoms with Gasteiger partial charge in [0.25, 0.3) is 5.91 Å². The summed E-state index contributed by atoms with van der Waals surface area (Å²) >= 11 is 6.16. The SMILES string of the molecule is COc1cc(Cl)cc2cc(C(=O)C3=C(O)C(=O)N(c4cccc(C)c4C)C3c3ccc(C)o3)oc12. The Kier molecular flexibility index (Phi) is 5.44. The second kappa shape index (κ2) is 8.36. The van der Waals surface area contributed by atoms with Crippen molar-refractivity contribution in [2.75, 3.05) is 12.0 Å². The number of ketones is 1. The lowest BCUT2D eigenvalue weighted by molar-refractivity contribution is -0.117. The number of nitrogens with zero attached hydrogens (tertiary/aromatic N) is 1. The quantitative estimate of drug-likeness (QED) is 0.325. The maximum absolute atomic E-state index is 13.8. The number of methoxy groups -OCH3 is 1. The Morgan fingerprint density at radius 2 is 1.86 bits per heavy atom. The summed E-state index contributed by atoms with van der Waals surface area (Å²) in [6, 6.07) is 12.7. The third-order valence-electron chi connectivity index (χ3n) is 6.31. The van der Waals surface area contributed by atoms with Crippen LogP contribution in [0, 0.1) is 20.8 Å². The smallest absolute Gasteiger partial charge is 0.294 e. The second-order valence-electron chi connectivity index (χ2n) is 8.47. The highest BCUT2D eigenvalue weighted by Crippen LogP contribution is 2.44. The number of fused-ring (bicyclic) bond motifs is 1. The molecule has 7 nitrogen and oxygen atoms in total. The zero-order valence-corrected chi connectivity index (χ0v) is 20.3. The van der Waals surface area contributed by atoms with Crippen molar-refractivity contribution in [3.63, 3.8) is 0 Å². The van der Waals surface area contributed by atoms with Gasteiger partial charge in [-0.3, -0.25) is 14.5 Å². The van der Waals surface area contributed by atoms with E-state index in [0.717, 1.165) is 11.1 Å². The molecule has 1 atom stereocenters. The van der Waals surface area contributed by atoms with E-state index >= 15 is 0 Å². The molecule has 0 fully saturated rings. The topological polar surface area (TPSA) is 93.1 Å². The van der Waals surface area contributed by atoms with E-state index in [9.17, 15) is 14.7 Å². The fraction of sp³-hybridized carbons (Fsp3) is 0.185. The number of amides is 1. The van der Waals surface area contributed by atoms with Crippen molar-refractivity contribution < 1.29 is 28.3 Å². The zero-order valence-electron chi connectivity index (χ0n) is 19.5. The van der Waals surface area contributed by atoms with Crippen molar-refractivity contribution in [2.45, 2.75) is 26.8 Å². The normalized spacial score (nSPS) is 16.0. The molecule has 2 aromatic heterocycles. The number of carbonyl (C=O) groups is 2. The molecule has 178 valence electrons. The van der Waals surface area contributed by atoms with Gasteiger partial charge in [-0.2, -0.15) is 0 Å². The Balaban J connectivity index is 1.68. The highest BCUT2D eigenvalue weighted by atomic mass is 35.5. The van der Waals surface area contributed by atoms with Gasteiger partial charge in [-0.25, -0.2) is 0 Å². The zero-order chi connectivity index (χ0) is 25.0. The first-order chi connectivity index (χ1) is 16.7. The molecule has 1 aliphatic heterocycles. The van der Waals surface area contributed by atoms with Gasteiger partial charge in [0.15, 0.2) is 22.9 Å². The van der Waals surface area contributed by atoms with Crippen LogP contribution < -0.4 is 9.64 Å². The van der Waals surface area contributed by atoms with Crippen LogP contribution in [0.5, 0.6) is 5.75 Å². The molecule has 8 heteroatoms. The number of furan rings is 2. The van der Waals surface area contributed by atoms with Gasteiger partial charge in [0.05, 0.1) is 12.7 Å². The van der Waals surface area contributed by atoms with Crippen LogP contribution in [0.3, 0.4) is 0 Å². The number of aryl methyl sites for hydroxylation is 2. The third kappa shape index (κ3) is 3.59. The Labute approximate surface area is 206 Å². The molecule has 3 heterocycles. The van der Waals surface area contributed by atoms with E-state index in [1.165, 1.54) is 18.1 Å². The summed E-state index contributed by atoms with van der Waals surface area (Å²) in [5.74, 6) is -0.737. The van der Waals surface area contributed by atoms with Gasteiger partial charge < -0.3 is 18.7 Å². The fourth-order valence-electron chi connectivity index (χ4n) is 4.43. The van der Waals surface area contributed by atoms with Crippen molar-refractivity contribution in [1.82, 2.24) is 0 Å². The molecule has 0 aliphatic carbocycles. The maximum atomic E-state index is 13.8. The molecule has 1 unspecified atom stereocenters. The molecule has 0 spiro atoms. The molecule has 35 heavy (non-hydrogen) atoms. The lowest BCUT2D eigenvalue weighted by Crippen LogP contribution is -2.31. The predicted molar refractivity (Wildman–Crippen MR) is 131 cm³/mol. The first-order valence-electron chi connectivity index (χ1n) is 10.9. The van der Waals surface area contributed by atoms with Crippen molar-refractivity contribution in [3.8, 4) is 5.75 Å². The Morgan fingerprint density at radius 3 is 2.54 bits per heavy atom. The van der Waals surface area contributed by atoms with Gasteiger partial charge in [-0.15, -0.1) is 0 Å². The standard InChI is InChI=1S/C27H22ClNO6/c1-13-6-5-7-18(15(13)3)29-23(19-9-8-14(2)34-19)22(25(31)27(29)32)24(30)20-11-16-10-17(28)12-21(33-4)26(16)35-20/h5-12,23,31H,1-4H3. The highest BCUT2D eigenvalue weighted by Gasteiger charge is 2.47. The van der Waals surface area contributed by atoms with Crippen LogP contribution in [0.2, 0.25) is 5.02 Å². The Morgan fingerprint density at radius 1 is 1.09 bits per heavy atom. The molecule has 1 amide bonds. The molecule has 1 aliphatic rings. The Bertz CT molecular complexity index is 1540. The van der Waals surface area contributed by atoms with Crippen LogP contribution in [-0.4, -0.2) is 23.9 Å². The minimum atomic E-state index is -0.983. The van der Waals surface area contributed by atoms with Crippen molar-refractivity contribution in [3.05, 3.63) is 93.3 Å². The van der Waals surface area contributed by atoms with Gasteiger partial charge in [-0.1, -0.05) is 23.7 Å². The van der Waals surface area contributed by atoms with Gasteiger partial charge in [0.1, 0.15) is 17.6 Å². The second-order valence-corrected chi connectivity index (χ2v) is 8.91. The number of anilines is 1. The summed E-state index contributed by atoms with van der Waals surface area (Å²) < 4.78 is 17.0. The van der Waals surface area contributed by atoms with Crippen LogP contribution in [0.4, 0.5) is 5.69 Å². The molecule has 5 rings (SSSR count). The van der Waals surface area contributed by atoms with E-state index in [1.807, 2.05) is 26.0 Å². The average Bonchev–Trinajstić information content (AvgIpc) is 3.51. The number of rotatable bonds is 5. The molecular formula is C27H22ClNO6. The number of aliphatic hydroxyl groups is 1. The first-order valence-corrected chi connectivity index (χ1v) is 11.3. The molecule has 4 aromatic rings. The van der Waals surface area contributed by atoms with E-state index in [4.69, 9.17) is 25.2 Å². The number of Topliss-reactive ketones (excluding diaryl/α,β-unsaturated/α-hetero) is 1. The summed E-state index contributed by atoms with van der Waals surface area (Å²) in [6.07, 6.45) is 0. The minimum absolute atomic E-state index is 0.0639. The molecule has 0 radical (unpaired) electrons. The summed E-state index contributed by atoms with van der Waals surface area (Å²) in [4.78, 5) is 28.5. The molecule has 1 N–H and O–H groups in total. The highest BCUT2D eigenvalue weighted by molar-refractivity contribution is 6.31. The monoisotopic (exact) mass is 491 g/mol. The van der Waals surface area contributed by atoms with Crippen LogP contribution >= 0.6 is 11.6 Å². The van der Waals surface area contributed by atoms with Crippen LogP contribution in [-0.2, 0) is 4.79 Å². The summed E-state index contributed by atoms with van der Waals surface area (Å²) in [5.41, 5.74) is 2.58. The lowest BCUT2D eigenvalue weighted by Gasteiger charge is -2.27. The molecular weight excluding hydrogens is 470 g/mol. The van der Waals surface area contributed by atoms with Crippen molar-refractivity contribution in [2.24, 2.45) is 0 Å².